The maximum Gasteiger partial charge on any atom is 0.341 e. The summed E-state index contributed by atoms with van der Waals surface area (Å²) in [6.07, 6.45) is 4.85. The second-order valence-corrected chi connectivity index (χ2v) is 15.2. The van der Waals surface area contributed by atoms with E-state index in [9.17, 15) is 19.5 Å². The second kappa shape index (κ2) is 15.8. The summed E-state index contributed by atoms with van der Waals surface area (Å²) in [5.74, 6) is -0.606. The molecule has 3 aliphatic rings. The zero-order valence-electron chi connectivity index (χ0n) is 34.1. The van der Waals surface area contributed by atoms with Crippen LogP contribution in [-0.4, -0.2) is 103 Å². The number of hydrogen-bond acceptors (Lipinski definition) is 13. The molecule has 0 spiro atoms. The minimum atomic E-state index is -1.41. The third-order valence-corrected chi connectivity index (χ3v) is 11.4. The van der Waals surface area contributed by atoms with Crippen LogP contribution in [0.15, 0.2) is 58.6 Å². The average Bonchev–Trinajstić information content (AvgIpc) is 4.05. The van der Waals surface area contributed by atoms with Crippen LogP contribution in [0.3, 0.4) is 0 Å². The predicted octanol–water partition coefficient (Wildman–Crippen LogP) is 5.12. The van der Waals surface area contributed by atoms with Gasteiger partial charge in [0.1, 0.15) is 28.5 Å². The van der Waals surface area contributed by atoms with E-state index in [1.807, 2.05) is 49.1 Å². The minimum absolute atomic E-state index is 0.0180. The van der Waals surface area contributed by atoms with Gasteiger partial charge in [-0.25, -0.2) is 19.2 Å². The molecule has 1 unspecified atom stereocenters. The van der Waals surface area contributed by atoms with Crippen molar-refractivity contribution in [1.29, 1.82) is 0 Å². The number of nitrogen functional groups attached to an aromatic ring is 1. The van der Waals surface area contributed by atoms with Crippen molar-refractivity contribution in [1.82, 2.24) is 19.4 Å². The van der Waals surface area contributed by atoms with E-state index in [0.29, 0.717) is 65.6 Å². The fourth-order valence-corrected chi connectivity index (χ4v) is 8.11. The van der Waals surface area contributed by atoms with Crippen molar-refractivity contribution in [2.45, 2.75) is 45.2 Å². The van der Waals surface area contributed by atoms with Gasteiger partial charge in [-0.2, -0.15) is 4.98 Å². The lowest BCUT2D eigenvalue weighted by atomic mass is 10.1. The molecular weight excluding hydrogens is 776 g/mol. The lowest BCUT2D eigenvalue weighted by Crippen LogP contribution is -2.56. The van der Waals surface area contributed by atoms with Crippen molar-refractivity contribution in [3.8, 4) is 23.0 Å². The molecule has 3 N–H and O–H groups in total. The summed E-state index contributed by atoms with van der Waals surface area (Å²) in [6, 6.07) is 10.8. The molecule has 2 fully saturated rings. The van der Waals surface area contributed by atoms with Gasteiger partial charge in [0.25, 0.3) is 11.9 Å². The number of aromatic carboxylic acids is 1. The number of pyridine rings is 1. The van der Waals surface area contributed by atoms with Crippen LogP contribution in [0.1, 0.15) is 58.4 Å². The summed E-state index contributed by atoms with van der Waals surface area (Å²) in [5.41, 5.74) is 9.37. The third-order valence-electron chi connectivity index (χ3n) is 11.4. The van der Waals surface area contributed by atoms with E-state index in [0.717, 1.165) is 24.0 Å². The highest BCUT2D eigenvalue weighted by atomic mass is 19.1. The van der Waals surface area contributed by atoms with E-state index in [1.54, 1.807) is 35.9 Å². The van der Waals surface area contributed by atoms with Gasteiger partial charge in [-0.05, 0) is 56.5 Å². The Morgan fingerprint density at radius 3 is 2.33 bits per heavy atom. The Kier molecular flexibility index (Phi) is 10.5. The molecule has 16 nitrogen and oxygen atoms in total. The highest BCUT2D eigenvalue weighted by Crippen LogP contribution is 2.43. The number of amides is 1. The molecule has 1 saturated carbocycles. The normalized spacial score (nSPS) is 17.4. The number of nitrogens with zero attached hydrogens (tertiary/aromatic N) is 7. The Labute approximate surface area is 344 Å². The summed E-state index contributed by atoms with van der Waals surface area (Å²) in [5, 5.41) is 9.53. The van der Waals surface area contributed by atoms with Crippen LogP contribution < -0.4 is 39.9 Å². The largest absolute Gasteiger partial charge is 0.494 e. The molecule has 8 rings (SSSR count). The molecule has 17 heteroatoms. The monoisotopic (exact) mass is 820 g/mol. The number of aromatic nitrogens is 3. The van der Waals surface area contributed by atoms with Gasteiger partial charge >= 0.3 is 5.97 Å². The molecule has 60 heavy (non-hydrogen) atoms. The van der Waals surface area contributed by atoms with Crippen LogP contribution in [-0.2, 0) is 11.2 Å². The summed E-state index contributed by atoms with van der Waals surface area (Å²) >= 11 is 0. The maximum absolute atomic E-state index is 16.7. The van der Waals surface area contributed by atoms with Gasteiger partial charge in [-0.3, -0.25) is 19.4 Å². The highest BCUT2D eigenvalue weighted by Gasteiger charge is 2.38. The number of aryl methyl sites for hydroxylation is 1. The first kappa shape index (κ1) is 40.0. The number of piperazine rings is 1. The van der Waals surface area contributed by atoms with Crippen molar-refractivity contribution < 1.29 is 38.0 Å². The van der Waals surface area contributed by atoms with Crippen molar-refractivity contribution in [2.24, 2.45) is 4.99 Å². The Bertz CT molecular complexity index is 2640. The van der Waals surface area contributed by atoms with Crippen molar-refractivity contribution in [3.05, 3.63) is 92.6 Å². The molecule has 5 aromatic rings. The van der Waals surface area contributed by atoms with Gasteiger partial charge in [0, 0.05) is 67.7 Å². The number of halogens is 1. The fourth-order valence-electron chi connectivity index (χ4n) is 8.11. The number of aliphatic imine (C=N–C) groups is 1. The van der Waals surface area contributed by atoms with Crippen LogP contribution in [0.4, 0.5) is 27.5 Å². The summed E-state index contributed by atoms with van der Waals surface area (Å²) in [6.45, 7) is 5.20. The summed E-state index contributed by atoms with van der Waals surface area (Å²) in [7, 11) is 6.06. The lowest BCUT2D eigenvalue weighted by Gasteiger charge is -2.42. The number of rotatable bonds is 12. The molecule has 1 saturated heterocycles. The Balaban J connectivity index is 1.04. The molecule has 3 aromatic carbocycles. The fraction of sp³-hybridized carbons (Fsp3) is 0.349. The van der Waals surface area contributed by atoms with E-state index < -0.39 is 22.8 Å². The number of carboxylic acids is 1. The number of anilines is 3. The van der Waals surface area contributed by atoms with Crippen molar-refractivity contribution in [3.63, 3.8) is 0 Å². The molecule has 2 aromatic heterocycles. The average molecular weight is 821 g/mol. The first-order valence-electron chi connectivity index (χ1n) is 19.4. The summed E-state index contributed by atoms with van der Waals surface area (Å²) < 4.78 is 40.5. The first-order valence-corrected chi connectivity index (χ1v) is 19.4. The zero-order valence-corrected chi connectivity index (χ0v) is 34.1. The number of carbonyl (C=O) groups excluding carboxylic acids is 1. The second-order valence-electron chi connectivity index (χ2n) is 15.2. The lowest BCUT2D eigenvalue weighted by molar-refractivity contribution is -0.112. The number of nitrogens with two attached hydrogens (primary N) is 1. The highest BCUT2D eigenvalue weighted by molar-refractivity contribution is 6.54. The van der Waals surface area contributed by atoms with E-state index in [4.69, 9.17) is 24.7 Å². The van der Waals surface area contributed by atoms with Crippen LogP contribution in [0.5, 0.6) is 23.0 Å². The summed E-state index contributed by atoms with van der Waals surface area (Å²) in [4.78, 5) is 58.8. The van der Waals surface area contributed by atoms with E-state index >= 15 is 4.39 Å². The first-order chi connectivity index (χ1) is 28.8. The van der Waals surface area contributed by atoms with E-state index in [1.165, 1.54) is 20.4 Å². The van der Waals surface area contributed by atoms with Gasteiger partial charge in [-0.1, -0.05) is 11.6 Å². The quantitative estimate of drug-likeness (QED) is 0.169. The molecule has 0 bridgehead atoms. The van der Waals surface area contributed by atoms with Gasteiger partial charge in [0.15, 0.2) is 17.3 Å². The molecule has 0 radical (unpaired) electrons. The number of methoxy groups -OCH3 is 4. The third kappa shape index (κ3) is 7.07. The molecule has 2 aliphatic heterocycles. The molecule has 1 atom stereocenters. The topological polar surface area (TPSA) is 187 Å². The zero-order chi connectivity index (χ0) is 42.6. The van der Waals surface area contributed by atoms with Crippen molar-refractivity contribution in [2.75, 3.05) is 70.3 Å². The molecule has 1 aliphatic carbocycles. The Morgan fingerprint density at radius 2 is 1.72 bits per heavy atom. The molecular formula is C43H45FN8O8. The number of fused-ring (bicyclic) bond motifs is 2. The number of carbonyl (C=O) groups is 2. The molecule has 312 valence electrons. The molecule has 4 heterocycles. The van der Waals surface area contributed by atoms with Gasteiger partial charge in [-0.15, -0.1) is 0 Å². The van der Waals surface area contributed by atoms with E-state index in [2.05, 4.69) is 19.9 Å². The predicted molar refractivity (Wildman–Crippen MR) is 223 cm³/mol. The number of ether oxygens (including phenoxy) is 4. The number of hydrogen-bond donors (Lipinski definition) is 2. The van der Waals surface area contributed by atoms with Crippen LogP contribution in [0.2, 0.25) is 0 Å². The maximum atomic E-state index is 16.7. The van der Waals surface area contributed by atoms with Crippen molar-refractivity contribution >= 4 is 51.6 Å². The Morgan fingerprint density at radius 1 is 1.00 bits per heavy atom. The van der Waals surface area contributed by atoms with Gasteiger partial charge in [0.2, 0.25) is 11.2 Å². The number of benzene rings is 3. The minimum Gasteiger partial charge on any atom is -0.494 e. The van der Waals surface area contributed by atoms with Gasteiger partial charge < -0.3 is 39.3 Å². The van der Waals surface area contributed by atoms with Gasteiger partial charge in [0.05, 0.1) is 51.7 Å². The SMILES string of the molecule is COc1cc(Cc2cnc(/N=C3/C(=O)N(CN4CCN(c5c(OC)cc6c(c5F)c(=O)c(C(=O)O)cn6C5CC5)CC4C)c4ccc(C)cc43)nc2N)cc(OC)c1OC. The Hall–Kier alpha value is -6.75. The van der Waals surface area contributed by atoms with E-state index in [-0.39, 0.29) is 59.0 Å². The molecule has 1 amide bonds. The smallest absolute Gasteiger partial charge is 0.341 e. The van der Waals surface area contributed by atoms with Crippen LogP contribution in [0, 0.1) is 12.7 Å². The van der Waals surface area contributed by atoms with Crippen LogP contribution in [0.25, 0.3) is 10.9 Å². The standard InChI is InChI=1S/C43H45FN8O8/c1-22-7-10-29-27(13-22)36(47-43-46-18-25(40(45)48-43)14-24-15-32(58-4)39(60-6)33(16-24)59-5)41(54)52(29)21-50-12-11-49(19-23(50)2)37-31(57-3)17-30-34(35(37)44)38(53)28(42(55)56)20-51(30)26-8-9-26/h7,10,13,15-18,20,23,26H,8-9,11-12,14,19,21H2,1-6H3,(H,55,56)(H2,45,46,48)/b47-36+. The van der Waals surface area contributed by atoms with Crippen LogP contribution >= 0.6 is 0 Å². The number of carboxylic acid groups (broad SMARTS) is 1.